The van der Waals surface area contributed by atoms with Crippen LogP contribution in [0.25, 0.3) is 0 Å². The van der Waals surface area contributed by atoms with Gasteiger partial charge in [-0.05, 0) is 35.4 Å². The summed E-state index contributed by atoms with van der Waals surface area (Å²) < 4.78 is 77.7. The van der Waals surface area contributed by atoms with Gasteiger partial charge in [0.1, 0.15) is 5.37 Å². The summed E-state index contributed by atoms with van der Waals surface area (Å²) in [5, 5.41) is -0.596. The van der Waals surface area contributed by atoms with E-state index in [1.165, 1.54) is 28.8 Å². The van der Waals surface area contributed by atoms with E-state index in [2.05, 4.69) is 0 Å². The summed E-state index contributed by atoms with van der Waals surface area (Å²) in [5.74, 6) is -4.59. The molecule has 0 aromatic heterocycles. The van der Waals surface area contributed by atoms with Crippen LogP contribution >= 0.6 is 11.8 Å². The number of amides is 1. The second-order valence-electron chi connectivity index (χ2n) is 5.68. The Labute approximate surface area is 148 Å². The zero-order valence-corrected chi connectivity index (χ0v) is 13.8. The fraction of sp³-hybridized carbons (Fsp3) is 0.235. The summed E-state index contributed by atoms with van der Waals surface area (Å²) in [7, 11) is 0. The Morgan fingerprint density at radius 3 is 2.15 bits per heavy atom. The SMILES string of the molecule is O=C1CSC(c2ccc(C(F)(F)F)cc2)N1Cc1cc(F)c(F)c(F)c1. The summed E-state index contributed by atoms with van der Waals surface area (Å²) in [6, 6.07) is 5.93. The van der Waals surface area contributed by atoms with E-state index in [1.54, 1.807) is 0 Å². The van der Waals surface area contributed by atoms with Gasteiger partial charge in [-0.25, -0.2) is 13.2 Å². The van der Waals surface area contributed by atoms with Gasteiger partial charge in [-0.3, -0.25) is 4.79 Å². The Hall–Kier alpha value is -2.16. The molecule has 3 rings (SSSR count). The molecule has 1 aliphatic rings. The minimum absolute atomic E-state index is 0.0501. The molecule has 1 unspecified atom stereocenters. The lowest BCUT2D eigenvalue weighted by Gasteiger charge is -2.24. The molecular formula is C17H11F6NOS. The molecule has 0 bridgehead atoms. The van der Waals surface area contributed by atoms with E-state index in [0.717, 1.165) is 24.3 Å². The number of rotatable bonds is 3. The van der Waals surface area contributed by atoms with Crippen molar-refractivity contribution >= 4 is 17.7 Å². The van der Waals surface area contributed by atoms with Crippen molar-refractivity contribution in [1.82, 2.24) is 4.90 Å². The number of hydrogen-bond acceptors (Lipinski definition) is 2. The monoisotopic (exact) mass is 391 g/mol. The van der Waals surface area contributed by atoms with Crippen molar-refractivity contribution in [3.63, 3.8) is 0 Å². The average molecular weight is 391 g/mol. The van der Waals surface area contributed by atoms with Crippen LogP contribution in [0.2, 0.25) is 0 Å². The van der Waals surface area contributed by atoms with Crippen molar-refractivity contribution in [3.8, 4) is 0 Å². The first kappa shape index (κ1) is 18.6. The van der Waals surface area contributed by atoms with Crippen LogP contribution in [0.3, 0.4) is 0 Å². The van der Waals surface area contributed by atoms with Crippen molar-refractivity contribution in [2.24, 2.45) is 0 Å². The topological polar surface area (TPSA) is 20.3 Å². The summed E-state index contributed by atoms with van der Waals surface area (Å²) in [6.45, 7) is -0.189. The first-order valence-electron chi connectivity index (χ1n) is 7.38. The van der Waals surface area contributed by atoms with Crippen LogP contribution in [0.4, 0.5) is 26.3 Å². The van der Waals surface area contributed by atoms with Crippen LogP contribution in [-0.2, 0) is 17.5 Å². The molecule has 1 saturated heterocycles. The van der Waals surface area contributed by atoms with Gasteiger partial charge >= 0.3 is 6.18 Å². The quantitative estimate of drug-likeness (QED) is 0.548. The third-order valence-electron chi connectivity index (χ3n) is 3.89. The first-order chi connectivity index (χ1) is 12.2. The van der Waals surface area contributed by atoms with Crippen LogP contribution in [0.15, 0.2) is 36.4 Å². The highest BCUT2D eigenvalue weighted by atomic mass is 32.2. The maximum absolute atomic E-state index is 13.4. The Bertz CT molecular complexity index is 813. The van der Waals surface area contributed by atoms with Gasteiger partial charge in [0.25, 0.3) is 0 Å². The minimum Gasteiger partial charge on any atom is -0.322 e. The molecule has 0 radical (unpaired) electrons. The molecule has 26 heavy (non-hydrogen) atoms. The van der Waals surface area contributed by atoms with Crippen LogP contribution < -0.4 is 0 Å². The number of alkyl halides is 3. The van der Waals surface area contributed by atoms with E-state index in [4.69, 9.17) is 0 Å². The summed E-state index contributed by atoms with van der Waals surface area (Å²) in [5.41, 5.74) is -0.309. The predicted molar refractivity (Wildman–Crippen MR) is 83.5 cm³/mol. The lowest BCUT2D eigenvalue weighted by atomic mass is 10.1. The Kier molecular flexibility index (Phi) is 4.92. The molecule has 0 N–H and O–H groups in total. The lowest BCUT2D eigenvalue weighted by molar-refractivity contribution is -0.137. The zero-order chi connectivity index (χ0) is 19.1. The van der Waals surface area contributed by atoms with Crippen molar-refractivity contribution in [2.45, 2.75) is 18.1 Å². The lowest BCUT2D eigenvalue weighted by Crippen LogP contribution is -2.28. The zero-order valence-electron chi connectivity index (χ0n) is 13.0. The van der Waals surface area contributed by atoms with Crippen molar-refractivity contribution < 1.29 is 31.1 Å². The van der Waals surface area contributed by atoms with E-state index >= 15 is 0 Å². The van der Waals surface area contributed by atoms with Crippen molar-refractivity contribution in [2.75, 3.05) is 5.75 Å². The molecule has 2 aromatic rings. The standard InChI is InChI=1S/C17H11F6NOS/c18-12-5-9(6-13(19)15(12)20)7-24-14(25)8-26-16(24)10-1-3-11(4-2-10)17(21,22)23/h1-6,16H,7-8H2. The second kappa shape index (κ2) is 6.86. The van der Waals surface area contributed by atoms with Crippen LogP contribution in [0.1, 0.15) is 22.1 Å². The molecule has 138 valence electrons. The van der Waals surface area contributed by atoms with Crippen LogP contribution in [-0.4, -0.2) is 16.6 Å². The third kappa shape index (κ3) is 3.67. The smallest absolute Gasteiger partial charge is 0.322 e. The minimum atomic E-state index is -4.47. The second-order valence-corrected chi connectivity index (χ2v) is 6.75. The third-order valence-corrected chi connectivity index (χ3v) is 5.14. The van der Waals surface area contributed by atoms with E-state index in [1.807, 2.05) is 0 Å². The highest BCUT2D eigenvalue weighted by Crippen LogP contribution is 2.40. The summed E-state index contributed by atoms with van der Waals surface area (Å²) >= 11 is 1.19. The van der Waals surface area contributed by atoms with E-state index < -0.39 is 34.6 Å². The molecule has 1 atom stereocenters. The number of benzene rings is 2. The van der Waals surface area contributed by atoms with Gasteiger partial charge in [0.05, 0.1) is 11.3 Å². The molecule has 0 aliphatic carbocycles. The molecular weight excluding hydrogens is 380 g/mol. The van der Waals surface area contributed by atoms with E-state index in [9.17, 15) is 31.1 Å². The summed E-state index contributed by atoms with van der Waals surface area (Å²) in [6.07, 6.45) is -4.47. The van der Waals surface area contributed by atoms with Gasteiger partial charge in [-0.15, -0.1) is 11.8 Å². The molecule has 1 amide bonds. The van der Waals surface area contributed by atoms with E-state index in [-0.39, 0.29) is 23.8 Å². The number of nitrogens with zero attached hydrogens (tertiary/aromatic N) is 1. The number of carbonyl (C=O) groups is 1. The fourth-order valence-corrected chi connectivity index (χ4v) is 3.82. The fourth-order valence-electron chi connectivity index (χ4n) is 2.63. The highest BCUT2D eigenvalue weighted by molar-refractivity contribution is 8.00. The first-order valence-corrected chi connectivity index (χ1v) is 8.43. The molecule has 1 aliphatic heterocycles. The number of carbonyl (C=O) groups excluding carboxylic acids is 1. The van der Waals surface area contributed by atoms with Gasteiger partial charge < -0.3 is 4.90 Å². The molecule has 9 heteroatoms. The maximum atomic E-state index is 13.4. The number of hydrogen-bond donors (Lipinski definition) is 0. The van der Waals surface area contributed by atoms with Crippen molar-refractivity contribution in [1.29, 1.82) is 0 Å². The number of thioether (sulfide) groups is 1. The molecule has 0 spiro atoms. The van der Waals surface area contributed by atoms with Crippen molar-refractivity contribution in [3.05, 3.63) is 70.5 Å². The number of halogens is 6. The Morgan fingerprint density at radius 1 is 1.04 bits per heavy atom. The van der Waals surface area contributed by atoms with Gasteiger partial charge in [-0.1, -0.05) is 12.1 Å². The normalized spacial score (nSPS) is 17.8. The van der Waals surface area contributed by atoms with Crippen LogP contribution in [0.5, 0.6) is 0 Å². The molecule has 0 saturated carbocycles. The highest BCUT2D eigenvalue weighted by Gasteiger charge is 2.34. The molecule has 1 fully saturated rings. The Morgan fingerprint density at radius 2 is 1.62 bits per heavy atom. The molecule has 1 heterocycles. The molecule has 2 aromatic carbocycles. The van der Waals surface area contributed by atoms with Gasteiger partial charge in [-0.2, -0.15) is 13.2 Å². The van der Waals surface area contributed by atoms with Gasteiger partial charge in [0.15, 0.2) is 17.5 Å². The maximum Gasteiger partial charge on any atom is 0.416 e. The van der Waals surface area contributed by atoms with E-state index in [0.29, 0.717) is 5.56 Å². The molecule has 2 nitrogen and oxygen atoms in total. The van der Waals surface area contributed by atoms with Gasteiger partial charge in [0, 0.05) is 6.54 Å². The predicted octanol–water partition coefficient (Wildman–Crippen LogP) is 4.90. The largest absolute Gasteiger partial charge is 0.416 e. The van der Waals surface area contributed by atoms with Gasteiger partial charge in [0.2, 0.25) is 5.91 Å². The summed E-state index contributed by atoms with van der Waals surface area (Å²) in [4.78, 5) is 13.4. The Balaban J connectivity index is 1.85. The van der Waals surface area contributed by atoms with Crippen LogP contribution in [0, 0.1) is 17.5 Å². The average Bonchev–Trinajstić information content (AvgIpc) is 2.93.